The van der Waals surface area contributed by atoms with Crippen molar-refractivity contribution in [1.82, 2.24) is 4.72 Å². The lowest BCUT2D eigenvalue weighted by atomic mass is 10.0. The molecule has 1 aliphatic carbocycles. The molecule has 0 radical (unpaired) electrons. The number of nitrogens with two attached hydrogens (primary N) is 1. The summed E-state index contributed by atoms with van der Waals surface area (Å²) in [7, 11) is -3.63. The van der Waals surface area contributed by atoms with Crippen molar-refractivity contribution in [1.29, 1.82) is 0 Å². The lowest BCUT2D eigenvalue weighted by Crippen LogP contribution is -2.34. The van der Waals surface area contributed by atoms with E-state index in [1.54, 1.807) is 0 Å². The van der Waals surface area contributed by atoms with Gasteiger partial charge < -0.3 is 5.73 Å². The maximum Gasteiger partial charge on any atom is 0.240 e. The van der Waals surface area contributed by atoms with E-state index in [0.29, 0.717) is 5.92 Å². The van der Waals surface area contributed by atoms with E-state index in [9.17, 15) is 12.8 Å². The van der Waals surface area contributed by atoms with Gasteiger partial charge in [-0.25, -0.2) is 17.5 Å². The van der Waals surface area contributed by atoms with Gasteiger partial charge in [0.15, 0.2) is 0 Å². The number of nitrogen functional groups attached to an aromatic ring is 1. The van der Waals surface area contributed by atoms with Gasteiger partial charge in [-0.1, -0.05) is 19.8 Å². The van der Waals surface area contributed by atoms with Crippen molar-refractivity contribution in [2.45, 2.75) is 50.0 Å². The molecule has 3 N–H and O–H groups in total. The van der Waals surface area contributed by atoms with E-state index in [0.717, 1.165) is 44.2 Å². The molecule has 1 fully saturated rings. The minimum absolute atomic E-state index is 0.0219. The van der Waals surface area contributed by atoms with Gasteiger partial charge in [0.2, 0.25) is 10.0 Å². The fraction of sp³-hybridized carbons (Fsp3) is 0.571. The van der Waals surface area contributed by atoms with Gasteiger partial charge in [0, 0.05) is 6.04 Å². The first kappa shape index (κ1) is 15.3. The van der Waals surface area contributed by atoms with Gasteiger partial charge in [-0.2, -0.15) is 0 Å². The van der Waals surface area contributed by atoms with Crippen LogP contribution in [-0.4, -0.2) is 14.5 Å². The zero-order valence-corrected chi connectivity index (χ0v) is 12.4. The fourth-order valence-electron chi connectivity index (χ4n) is 2.58. The number of halogens is 1. The number of rotatable bonds is 3. The van der Waals surface area contributed by atoms with E-state index in [1.165, 1.54) is 6.07 Å². The van der Waals surface area contributed by atoms with E-state index in [2.05, 4.69) is 11.6 Å². The Labute approximate surface area is 119 Å². The molecule has 4 nitrogen and oxygen atoms in total. The fourth-order valence-corrected chi connectivity index (χ4v) is 3.92. The molecule has 6 heteroatoms. The van der Waals surface area contributed by atoms with Gasteiger partial charge in [-0.3, -0.25) is 0 Å². The Balaban J connectivity index is 2.12. The number of anilines is 1. The second kappa shape index (κ2) is 6.10. The Morgan fingerprint density at radius 1 is 1.25 bits per heavy atom. The van der Waals surface area contributed by atoms with E-state index >= 15 is 0 Å². The van der Waals surface area contributed by atoms with Crippen LogP contribution in [0.4, 0.5) is 10.1 Å². The molecule has 0 heterocycles. The average molecular weight is 300 g/mol. The molecule has 0 spiro atoms. The molecule has 2 unspecified atom stereocenters. The van der Waals surface area contributed by atoms with Crippen molar-refractivity contribution in [3.63, 3.8) is 0 Å². The highest BCUT2D eigenvalue weighted by atomic mass is 32.2. The molecule has 1 aromatic carbocycles. The maximum absolute atomic E-state index is 13.1. The second-order valence-electron chi connectivity index (χ2n) is 5.61. The molecule has 0 aromatic heterocycles. The molecule has 0 aliphatic heterocycles. The van der Waals surface area contributed by atoms with Crippen LogP contribution in [0.5, 0.6) is 0 Å². The summed E-state index contributed by atoms with van der Waals surface area (Å²) in [5.41, 5.74) is 5.28. The number of nitrogens with one attached hydrogen (secondary N) is 1. The molecule has 1 aromatic rings. The van der Waals surface area contributed by atoms with Crippen LogP contribution in [0.1, 0.15) is 39.0 Å². The van der Waals surface area contributed by atoms with Crippen molar-refractivity contribution in [2.24, 2.45) is 5.92 Å². The molecule has 0 bridgehead atoms. The van der Waals surface area contributed by atoms with Crippen molar-refractivity contribution in [3.8, 4) is 0 Å². The number of sulfonamides is 1. The molecule has 0 saturated heterocycles. The maximum atomic E-state index is 13.1. The molecule has 1 aliphatic rings. The Bertz CT molecular complexity index is 575. The van der Waals surface area contributed by atoms with Gasteiger partial charge in [0.25, 0.3) is 0 Å². The summed E-state index contributed by atoms with van der Waals surface area (Å²) in [4.78, 5) is 0.0219. The molecule has 2 rings (SSSR count). The van der Waals surface area contributed by atoms with Crippen LogP contribution in [0.2, 0.25) is 0 Å². The van der Waals surface area contributed by atoms with Gasteiger partial charge in [0.1, 0.15) is 5.82 Å². The Morgan fingerprint density at radius 2 is 2.00 bits per heavy atom. The summed E-state index contributed by atoms with van der Waals surface area (Å²) in [5.74, 6) is 0.0400. The number of benzene rings is 1. The van der Waals surface area contributed by atoms with E-state index in [4.69, 9.17) is 5.73 Å². The molecule has 1 saturated carbocycles. The highest BCUT2D eigenvalue weighted by Gasteiger charge is 2.23. The zero-order valence-electron chi connectivity index (χ0n) is 11.6. The van der Waals surface area contributed by atoms with Crippen molar-refractivity contribution < 1.29 is 12.8 Å². The van der Waals surface area contributed by atoms with Crippen LogP contribution in [0, 0.1) is 11.7 Å². The van der Waals surface area contributed by atoms with Gasteiger partial charge in [-0.05, 0) is 43.4 Å². The first-order valence-electron chi connectivity index (χ1n) is 6.96. The van der Waals surface area contributed by atoms with Crippen molar-refractivity contribution in [3.05, 3.63) is 24.0 Å². The highest BCUT2D eigenvalue weighted by molar-refractivity contribution is 7.89. The third-order valence-corrected chi connectivity index (χ3v) is 5.38. The molecular formula is C14H21FN2O2S. The lowest BCUT2D eigenvalue weighted by molar-refractivity contribution is 0.484. The van der Waals surface area contributed by atoms with Crippen LogP contribution < -0.4 is 10.5 Å². The van der Waals surface area contributed by atoms with Gasteiger partial charge in [-0.15, -0.1) is 0 Å². The molecular weight excluding hydrogens is 279 g/mol. The topological polar surface area (TPSA) is 72.2 Å². The van der Waals surface area contributed by atoms with E-state index < -0.39 is 15.8 Å². The van der Waals surface area contributed by atoms with Crippen LogP contribution in [0.15, 0.2) is 23.1 Å². The zero-order chi connectivity index (χ0) is 14.8. The van der Waals surface area contributed by atoms with Crippen LogP contribution in [-0.2, 0) is 10.0 Å². The van der Waals surface area contributed by atoms with E-state index in [1.807, 2.05) is 0 Å². The summed E-state index contributed by atoms with van der Waals surface area (Å²) < 4.78 is 40.4. The van der Waals surface area contributed by atoms with Crippen molar-refractivity contribution >= 4 is 15.7 Å². The Morgan fingerprint density at radius 3 is 2.70 bits per heavy atom. The first-order chi connectivity index (χ1) is 9.38. The second-order valence-corrected chi connectivity index (χ2v) is 7.33. The lowest BCUT2D eigenvalue weighted by Gasteiger charge is -2.16. The van der Waals surface area contributed by atoms with Crippen LogP contribution >= 0.6 is 0 Å². The summed E-state index contributed by atoms with van der Waals surface area (Å²) >= 11 is 0. The molecule has 2 atom stereocenters. The summed E-state index contributed by atoms with van der Waals surface area (Å²) in [6, 6.07) is 3.44. The van der Waals surface area contributed by atoms with Gasteiger partial charge >= 0.3 is 0 Å². The Hall–Kier alpha value is -1.14. The first-order valence-corrected chi connectivity index (χ1v) is 8.44. The third-order valence-electron chi connectivity index (χ3n) is 3.86. The standard InChI is InChI=1S/C14H21FN2O2S/c1-10-3-2-4-11(6-5-10)17-20(18,19)12-7-8-13(15)14(16)9-12/h7-11,17H,2-6,16H2,1H3. The quantitative estimate of drug-likeness (QED) is 0.666. The molecule has 0 amide bonds. The SMILES string of the molecule is CC1CCCC(NS(=O)(=O)c2ccc(F)c(N)c2)CC1. The van der Waals surface area contributed by atoms with Gasteiger partial charge in [0.05, 0.1) is 10.6 Å². The number of hydrogen-bond acceptors (Lipinski definition) is 3. The predicted molar refractivity (Wildman–Crippen MR) is 77.2 cm³/mol. The van der Waals surface area contributed by atoms with Crippen LogP contribution in [0.3, 0.4) is 0 Å². The summed E-state index contributed by atoms with van der Waals surface area (Å²) in [5, 5.41) is 0. The van der Waals surface area contributed by atoms with Crippen LogP contribution in [0.25, 0.3) is 0 Å². The number of hydrogen-bond donors (Lipinski definition) is 2. The normalized spacial score (nSPS) is 24.3. The van der Waals surface area contributed by atoms with E-state index in [-0.39, 0.29) is 16.6 Å². The smallest absolute Gasteiger partial charge is 0.240 e. The average Bonchev–Trinajstić information content (AvgIpc) is 2.57. The monoisotopic (exact) mass is 300 g/mol. The summed E-state index contributed by atoms with van der Waals surface area (Å²) in [6.45, 7) is 2.19. The largest absolute Gasteiger partial charge is 0.396 e. The van der Waals surface area contributed by atoms with Crippen molar-refractivity contribution in [2.75, 3.05) is 5.73 Å². The Kier molecular flexibility index (Phi) is 4.65. The highest BCUT2D eigenvalue weighted by Crippen LogP contribution is 2.24. The molecule has 20 heavy (non-hydrogen) atoms. The third kappa shape index (κ3) is 3.70. The minimum atomic E-state index is -3.63. The molecule has 112 valence electrons. The predicted octanol–water partition coefficient (Wildman–Crippen LogP) is 2.66. The minimum Gasteiger partial charge on any atom is -0.396 e. The summed E-state index contributed by atoms with van der Waals surface area (Å²) in [6.07, 6.45) is 4.89.